The third kappa shape index (κ3) is 4.90. The zero-order valence-corrected chi connectivity index (χ0v) is 15.6. The third-order valence-electron chi connectivity index (χ3n) is 4.78. The topological polar surface area (TPSA) is 67.9 Å². The fourth-order valence-corrected chi connectivity index (χ4v) is 3.35. The fraction of sp³-hybridized carbons (Fsp3) is 0.429. The van der Waals surface area contributed by atoms with Gasteiger partial charge in [-0.15, -0.1) is 0 Å². The number of amides is 2. The van der Waals surface area contributed by atoms with Crippen LogP contribution in [0.25, 0.3) is 0 Å². The minimum absolute atomic E-state index is 0.0291. The highest BCUT2D eigenvalue weighted by Crippen LogP contribution is 2.31. The highest BCUT2D eigenvalue weighted by atomic mass is 16.5. The zero-order chi connectivity index (χ0) is 19.1. The molecule has 3 rings (SSSR count). The van der Waals surface area contributed by atoms with Crippen molar-refractivity contribution in [2.75, 3.05) is 18.5 Å². The Morgan fingerprint density at radius 2 is 2.07 bits per heavy atom. The van der Waals surface area contributed by atoms with E-state index in [1.807, 2.05) is 42.2 Å². The van der Waals surface area contributed by atoms with Crippen molar-refractivity contribution in [3.05, 3.63) is 48.4 Å². The maximum absolute atomic E-state index is 12.5. The molecule has 1 N–H and O–H groups in total. The molecule has 0 saturated heterocycles. The standard InChI is InChI=1S/C21H26N2O4/c1-2-23(16-11-14-26-15-12-16)21(25)8-3-4-13-27-19-7-5-6-18-17(19)9-10-20(24)22-18/h5-7,11-12,14-16H,2-4,8-10,13H2,1H3,(H,22,24). The van der Waals surface area contributed by atoms with Crippen molar-refractivity contribution in [1.29, 1.82) is 0 Å². The molecule has 2 aliphatic rings. The maximum atomic E-state index is 12.5. The number of fused-ring (bicyclic) bond motifs is 1. The van der Waals surface area contributed by atoms with Crippen LogP contribution in [-0.2, 0) is 20.7 Å². The van der Waals surface area contributed by atoms with E-state index < -0.39 is 0 Å². The van der Waals surface area contributed by atoms with Crippen molar-refractivity contribution in [2.45, 2.75) is 45.1 Å². The van der Waals surface area contributed by atoms with Gasteiger partial charge in [0.05, 0.1) is 25.2 Å². The molecule has 2 heterocycles. The molecule has 6 heteroatoms. The highest BCUT2D eigenvalue weighted by molar-refractivity contribution is 5.94. The first kappa shape index (κ1) is 19.0. The predicted octanol–water partition coefficient (Wildman–Crippen LogP) is 3.40. The molecular formula is C21H26N2O4. The molecule has 6 nitrogen and oxygen atoms in total. The number of carbonyl (C=O) groups excluding carboxylic acids is 2. The molecule has 0 atom stereocenters. The Morgan fingerprint density at radius 3 is 2.85 bits per heavy atom. The molecule has 0 aromatic heterocycles. The molecule has 2 aliphatic heterocycles. The Morgan fingerprint density at radius 1 is 1.26 bits per heavy atom. The molecule has 2 amide bonds. The smallest absolute Gasteiger partial charge is 0.224 e. The van der Waals surface area contributed by atoms with Crippen LogP contribution in [0.3, 0.4) is 0 Å². The number of nitrogens with zero attached hydrogens (tertiary/aromatic N) is 1. The fourth-order valence-electron chi connectivity index (χ4n) is 3.35. The van der Waals surface area contributed by atoms with Gasteiger partial charge in [0.2, 0.25) is 11.8 Å². The first-order chi connectivity index (χ1) is 13.2. The van der Waals surface area contributed by atoms with E-state index in [1.54, 1.807) is 12.5 Å². The number of ether oxygens (including phenoxy) is 2. The summed E-state index contributed by atoms with van der Waals surface area (Å²) in [6, 6.07) is 5.69. The second-order valence-electron chi connectivity index (χ2n) is 6.60. The van der Waals surface area contributed by atoms with Crippen molar-refractivity contribution in [1.82, 2.24) is 4.90 Å². The normalized spacial score (nSPS) is 15.7. The van der Waals surface area contributed by atoms with E-state index in [4.69, 9.17) is 9.47 Å². The number of hydrogen-bond acceptors (Lipinski definition) is 4. The summed E-state index contributed by atoms with van der Waals surface area (Å²) in [5, 5.41) is 2.88. The maximum Gasteiger partial charge on any atom is 0.224 e. The summed E-state index contributed by atoms with van der Waals surface area (Å²) in [5.74, 6) is 1.01. The summed E-state index contributed by atoms with van der Waals surface area (Å²) in [7, 11) is 0. The van der Waals surface area contributed by atoms with Crippen LogP contribution in [0.5, 0.6) is 5.75 Å². The minimum atomic E-state index is -0.0291. The second kappa shape index (κ2) is 9.26. The highest BCUT2D eigenvalue weighted by Gasteiger charge is 2.20. The Kier molecular flexibility index (Phi) is 6.52. The Balaban J connectivity index is 1.43. The van der Waals surface area contributed by atoms with Gasteiger partial charge in [-0.2, -0.15) is 0 Å². The molecule has 144 valence electrons. The Labute approximate surface area is 159 Å². The van der Waals surface area contributed by atoms with Crippen LogP contribution in [-0.4, -0.2) is 35.9 Å². The first-order valence-corrected chi connectivity index (χ1v) is 9.52. The van der Waals surface area contributed by atoms with Crippen LogP contribution in [0.1, 0.15) is 38.2 Å². The number of unbranched alkanes of at least 4 members (excludes halogenated alkanes) is 1. The van der Waals surface area contributed by atoms with Crippen molar-refractivity contribution in [2.24, 2.45) is 0 Å². The largest absolute Gasteiger partial charge is 0.493 e. The van der Waals surface area contributed by atoms with E-state index in [9.17, 15) is 9.59 Å². The SMILES string of the molecule is CCN(C(=O)CCCCOc1cccc2c1CCC(=O)N2)C1C=COC=C1. The average Bonchev–Trinajstić information content (AvgIpc) is 2.69. The van der Waals surface area contributed by atoms with Crippen LogP contribution in [0.4, 0.5) is 5.69 Å². The number of nitrogens with one attached hydrogen (secondary N) is 1. The van der Waals surface area contributed by atoms with Gasteiger partial charge in [0, 0.05) is 30.6 Å². The zero-order valence-electron chi connectivity index (χ0n) is 15.6. The van der Waals surface area contributed by atoms with E-state index in [0.717, 1.165) is 29.8 Å². The van der Waals surface area contributed by atoms with Gasteiger partial charge in [-0.25, -0.2) is 0 Å². The minimum Gasteiger partial charge on any atom is -0.493 e. The molecule has 1 aromatic carbocycles. The molecule has 0 saturated carbocycles. The first-order valence-electron chi connectivity index (χ1n) is 9.52. The molecule has 0 spiro atoms. The lowest BCUT2D eigenvalue weighted by atomic mass is 10.0. The van der Waals surface area contributed by atoms with Crippen molar-refractivity contribution < 1.29 is 19.1 Å². The second-order valence-corrected chi connectivity index (χ2v) is 6.60. The number of rotatable bonds is 8. The van der Waals surface area contributed by atoms with Crippen molar-refractivity contribution in [3.63, 3.8) is 0 Å². The predicted molar refractivity (Wildman–Crippen MR) is 103 cm³/mol. The van der Waals surface area contributed by atoms with E-state index in [2.05, 4.69) is 5.32 Å². The Bertz CT molecular complexity index is 730. The number of likely N-dealkylation sites (N-methyl/N-ethyl adjacent to an activating group) is 1. The van der Waals surface area contributed by atoms with E-state index in [0.29, 0.717) is 32.4 Å². The van der Waals surface area contributed by atoms with Crippen molar-refractivity contribution in [3.8, 4) is 5.75 Å². The molecule has 27 heavy (non-hydrogen) atoms. The number of carbonyl (C=O) groups is 2. The van der Waals surface area contributed by atoms with E-state index in [1.165, 1.54) is 0 Å². The van der Waals surface area contributed by atoms with Gasteiger partial charge in [0.1, 0.15) is 5.75 Å². The lowest BCUT2D eigenvalue weighted by molar-refractivity contribution is -0.131. The quantitative estimate of drug-likeness (QED) is 0.712. The summed E-state index contributed by atoms with van der Waals surface area (Å²) in [6.45, 7) is 3.20. The van der Waals surface area contributed by atoms with Gasteiger partial charge in [0.15, 0.2) is 0 Å². The van der Waals surface area contributed by atoms with Crippen LogP contribution < -0.4 is 10.1 Å². The van der Waals surface area contributed by atoms with Crippen LogP contribution in [0.2, 0.25) is 0 Å². The summed E-state index contributed by atoms with van der Waals surface area (Å²) in [5.41, 5.74) is 1.90. The average molecular weight is 370 g/mol. The number of benzene rings is 1. The van der Waals surface area contributed by atoms with Gasteiger partial charge in [-0.1, -0.05) is 6.07 Å². The molecule has 0 fully saturated rings. The molecule has 1 aromatic rings. The molecule has 0 unspecified atom stereocenters. The lowest BCUT2D eigenvalue weighted by Gasteiger charge is -2.27. The Hall–Kier alpha value is -2.76. The van der Waals surface area contributed by atoms with Crippen LogP contribution >= 0.6 is 0 Å². The van der Waals surface area contributed by atoms with Crippen LogP contribution in [0.15, 0.2) is 42.9 Å². The van der Waals surface area contributed by atoms with Gasteiger partial charge >= 0.3 is 0 Å². The van der Waals surface area contributed by atoms with E-state index in [-0.39, 0.29) is 17.9 Å². The monoisotopic (exact) mass is 370 g/mol. The third-order valence-corrected chi connectivity index (χ3v) is 4.78. The molecule has 0 aliphatic carbocycles. The molecule has 0 bridgehead atoms. The summed E-state index contributed by atoms with van der Waals surface area (Å²) in [4.78, 5) is 25.8. The summed E-state index contributed by atoms with van der Waals surface area (Å²) >= 11 is 0. The summed E-state index contributed by atoms with van der Waals surface area (Å²) in [6.07, 6.45) is 10.2. The van der Waals surface area contributed by atoms with Crippen LogP contribution in [0, 0.1) is 0 Å². The number of anilines is 1. The van der Waals surface area contributed by atoms with Crippen molar-refractivity contribution >= 4 is 17.5 Å². The molecule has 0 radical (unpaired) electrons. The van der Waals surface area contributed by atoms with Gasteiger partial charge in [0.25, 0.3) is 0 Å². The number of hydrogen-bond donors (Lipinski definition) is 1. The lowest BCUT2D eigenvalue weighted by Crippen LogP contribution is -2.38. The van der Waals surface area contributed by atoms with E-state index >= 15 is 0 Å². The van der Waals surface area contributed by atoms with Gasteiger partial charge < -0.3 is 19.7 Å². The molecular weight excluding hydrogens is 344 g/mol. The summed E-state index contributed by atoms with van der Waals surface area (Å²) < 4.78 is 10.9. The van der Waals surface area contributed by atoms with Gasteiger partial charge in [-0.05, 0) is 50.5 Å². The van der Waals surface area contributed by atoms with Gasteiger partial charge in [-0.3, -0.25) is 9.59 Å².